The summed E-state index contributed by atoms with van der Waals surface area (Å²) in [4.78, 5) is 12.2. The number of aromatic nitrogens is 2. The van der Waals surface area contributed by atoms with Crippen LogP contribution in [0.2, 0.25) is 0 Å². The number of rotatable bonds is 4. The minimum Gasteiger partial charge on any atom is -0.376 e. The van der Waals surface area contributed by atoms with Gasteiger partial charge in [-0.2, -0.15) is 18.3 Å². The van der Waals surface area contributed by atoms with Gasteiger partial charge in [0, 0.05) is 13.2 Å². The molecule has 1 atom stereocenters. The summed E-state index contributed by atoms with van der Waals surface area (Å²) in [5.41, 5.74) is -1.79. The van der Waals surface area contributed by atoms with Crippen LogP contribution >= 0.6 is 0 Å². The van der Waals surface area contributed by atoms with Gasteiger partial charge in [0.05, 0.1) is 23.6 Å². The number of nitrogens with zero attached hydrogens (tertiary/aromatic N) is 2. The first-order chi connectivity index (χ1) is 11.9. The zero-order chi connectivity index (χ0) is 18.0. The second-order valence-corrected chi connectivity index (χ2v) is 5.64. The zero-order valence-corrected chi connectivity index (χ0v) is 13.0. The van der Waals surface area contributed by atoms with Crippen molar-refractivity contribution >= 4 is 5.91 Å². The van der Waals surface area contributed by atoms with Crippen molar-refractivity contribution in [3.8, 4) is 5.69 Å². The average Bonchev–Trinajstić information content (AvgIpc) is 3.22. The molecule has 5 nitrogen and oxygen atoms in total. The van der Waals surface area contributed by atoms with E-state index in [2.05, 4.69) is 10.4 Å². The van der Waals surface area contributed by atoms with Gasteiger partial charge >= 0.3 is 6.18 Å². The minimum atomic E-state index is -4.80. The minimum absolute atomic E-state index is 0.00639. The molecular formula is C16H15F4N3O2. The first kappa shape index (κ1) is 17.4. The first-order valence-corrected chi connectivity index (χ1v) is 7.67. The predicted molar refractivity (Wildman–Crippen MR) is 79.8 cm³/mol. The van der Waals surface area contributed by atoms with Crippen molar-refractivity contribution in [2.45, 2.75) is 25.1 Å². The normalized spacial score (nSPS) is 17.7. The maximum atomic E-state index is 13.5. The number of carbonyl (C=O) groups is 1. The molecule has 1 fully saturated rings. The third-order valence-corrected chi connectivity index (χ3v) is 3.87. The molecule has 1 unspecified atom stereocenters. The molecular weight excluding hydrogens is 342 g/mol. The summed E-state index contributed by atoms with van der Waals surface area (Å²) in [6.45, 7) is 0.717. The lowest BCUT2D eigenvalue weighted by molar-refractivity contribution is -0.143. The maximum absolute atomic E-state index is 13.5. The largest absolute Gasteiger partial charge is 0.434 e. The van der Waals surface area contributed by atoms with Crippen LogP contribution in [0.3, 0.4) is 0 Å². The Labute approximate surface area is 140 Å². The van der Waals surface area contributed by atoms with Gasteiger partial charge in [0.25, 0.3) is 5.91 Å². The molecule has 1 aromatic carbocycles. The highest BCUT2D eigenvalue weighted by Crippen LogP contribution is 2.33. The standard InChI is InChI=1S/C16H15F4N3O2/c17-10-3-5-11(6-4-10)23-14(16(18,19)20)13(9-22-23)15(24)21-8-12-2-1-7-25-12/h3-6,9,12H,1-2,7-8H2,(H,21,24). The van der Waals surface area contributed by atoms with Crippen LogP contribution in [-0.4, -0.2) is 34.9 Å². The number of alkyl halides is 3. The summed E-state index contributed by atoms with van der Waals surface area (Å²) in [7, 11) is 0. The summed E-state index contributed by atoms with van der Waals surface area (Å²) in [6.07, 6.45) is -2.53. The van der Waals surface area contributed by atoms with E-state index in [4.69, 9.17) is 4.74 Å². The number of carbonyl (C=O) groups excluding carboxylic acids is 1. The van der Waals surface area contributed by atoms with Gasteiger partial charge in [-0.1, -0.05) is 0 Å². The lowest BCUT2D eigenvalue weighted by Crippen LogP contribution is -2.33. The number of hydrogen-bond donors (Lipinski definition) is 1. The average molecular weight is 357 g/mol. The molecule has 1 amide bonds. The summed E-state index contributed by atoms with van der Waals surface area (Å²) in [5, 5.41) is 6.12. The van der Waals surface area contributed by atoms with E-state index < -0.39 is 29.2 Å². The number of halogens is 4. The van der Waals surface area contributed by atoms with Gasteiger partial charge in [-0.25, -0.2) is 9.07 Å². The van der Waals surface area contributed by atoms with Crippen molar-refractivity contribution in [2.24, 2.45) is 0 Å². The van der Waals surface area contributed by atoms with Crippen molar-refractivity contribution < 1.29 is 27.1 Å². The highest BCUT2D eigenvalue weighted by atomic mass is 19.4. The molecule has 0 saturated carbocycles. The molecule has 134 valence electrons. The van der Waals surface area contributed by atoms with E-state index in [1.807, 2.05) is 0 Å². The van der Waals surface area contributed by atoms with Gasteiger partial charge in [-0.3, -0.25) is 4.79 Å². The molecule has 25 heavy (non-hydrogen) atoms. The Kier molecular flexibility index (Phi) is 4.76. The molecule has 2 aromatic rings. The highest BCUT2D eigenvalue weighted by molar-refractivity contribution is 5.95. The number of amides is 1. The number of nitrogens with one attached hydrogen (secondary N) is 1. The SMILES string of the molecule is O=C(NCC1CCCO1)c1cnn(-c2ccc(F)cc2)c1C(F)(F)F. The van der Waals surface area contributed by atoms with Gasteiger partial charge in [0.2, 0.25) is 0 Å². The Morgan fingerprint density at radius 2 is 2.04 bits per heavy atom. The molecule has 3 rings (SSSR count). The monoisotopic (exact) mass is 357 g/mol. The van der Waals surface area contributed by atoms with Gasteiger partial charge in [-0.05, 0) is 37.1 Å². The van der Waals surface area contributed by atoms with Crippen LogP contribution in [0.5, 0.6) is 0 Å². The maximum Gasteiger partial charge on any atom is 0.434 e. The fourth-order valence-corrected chi connectivity index (χ4v) is 2.67. The van der Waals surface area contributed by atoms with Gasteiger partial charge in [-0.15, -0.1) is 0 Å². The van der Waals surface area contributed by atoms with Crippen molar-refractivity contribution in [1.29, 1.82) is 0 Å². The van der Waals surface area contributed by atoms with E-state index in [1.165, 1.54) is 0 Å². The number of ether oxygens (including phenoxy) is 1. The quantitative estimate of drug-likeness (QED) is 0.856. The second kappa shape index (κ2) is 6.83. The van der Waals surface area contributed by atoms with E-state index in [-0.39, 0.29) is 18.3 Å². The van der Waals surface area contributed by atoms with Crippen LogP contribution in [-0.2, 0) is 10.9 Å². The molecule has 9 heteroatoms. The van der Waals surface area contributed by atoms with Crippen LogP contribution < -0.4 is 5.32 Å². The Hall–Kier alpha value is -2.42. The smallest absolute Gasteiger partial charge is 0.376 e. The molecule has 0 spiro atoms. The summed E-state index contributed by atoms with van der Waals surface area (Å²) in [5.74, 6) is -1.46. The third-order valence-electron chi connectivity index (χ3n) is 3.87. The van der Waals surface area contributed by atoms with Crippen LogP contribution in [0.15, 0.2) is 30.5 Å². The van der Waals surface area contributed by atoms with E-state index in [0.29, 0.717) is 11.3 Å². The van der Waals surface area contributed by atoms with E-state index >= 15 is 0 Å². The topological polar surface area (TPSA) is 56.1 Å². The fraction of sp³-hybridized carbons (Fsp3) is 0.375. The summed E-state index contributed by atoms with van der Waals surface area (Å²) >= 11 is 0. The molecule has 2 heterocycles. The molecule has 0 aliphatic carbocycles. The second-order valence-electron chi connectivity index (χ2n) is 5.64. The van der Waals surface area contributed by atoms with Gasteiger partial charge in [0.1, 0.15) is 5.82 Å². The van der Waals surface area contributed by atoms with Gasteiger partial charge < -0.3 is 10.1 Å². The lowest BCUT2D eigenvalue weighted by atomic mass is 10.2. The fourth-order valence-electron chi connectivity index (χ4n) is 2.67. The molecule has 0 radical (unpaired) electrons. The van der Waals surface area contributed by atoms with E-state index in [0.717, 1.165) is 43.3 Å². The Bertz CT molecular complexity index is 750. The highest BCUT2D eigenvalue weighted by Gasteiger charge is 2.40. The Morgan fingerprint density at radius 3 is 2.64 bits per heavy atom. The van der Waals surface area contributed by atoms with Crippen LogP contribution in [0.1, 0.15) is 28.9 Å². The molecule has 1 N–H and O–H groups in total. The van der Waals surface area contributed by atoms with Crippen LogP contribution in [0, 0.1) is 5.82 Å². The Morgan fingerprint density at radius 1 is 1.32 bits per heavy atom. The van der Waals surface area contributed by atoms with E-state index in [9.17, 15) is 22.4 Å². The van der Waals surface area contributed by atoms with Crippen LogP contribution in [0.4, 0.5) is 17.6 Å². The molecule has 0 bridgehead atoms. The number of hydrogen-bond acceptors (Lipinski definition) is 3. The first-order valence-electron chi connectivity index (χ1n) is 7.67. The molecule has 1 aromatic heterocycles. The molecule has 1 aliphatic heterocycles. The van der Waals surface area contributed by atoms with Crippen molar-refractivity contribution in [3.63, 3.8) is 0 Å². The molecule has 1 saturated heterocycles. The predicted octanol–water partition coefficient (Wildman–Crippen LogP) is 2.94. The Balaban J connectivity index is 1.88. The van der Waals surface area contributed by atoms with Gasteiger partial charge in [0.15, 0.2) is 5.69 Å². The van der Waals surface area contributed by atoms with Crippen molar-refractivity contribution in [1.82, 2.24) is 15.1 Å². The summed E-state index contributed by atoms with van der Waals surface area (Å²) < 4.78 is 59.3. The van der Waals surface area contributed by atoms with Crippen molar-refractivity contribution in [3.05, 3.63) is 47.5 Å². The third kappa shape index (κ3) is 3.81. The lowest BCUT2D eigenvalue weighted by Gasteiger charge is -2.14. The summed E-state index contributed by atoms with van der Waals surface area (Å²) in [6, 6.07) is 4.36. The number of benzene rings is 1. The molecule has 1 aliphatic rings. The zero-order valence-electron chi connectivity index (χ0n) is 13.0. The van der Waals surface area contributed by atoms with E-state index in [1.54, 1.807) is 0 Å². The van der Waals surface area contributed by atoms with Crippen LogP contribution in [0.25, 0.3) is 5.69 Å². The van der Waals surface area contributed by atoms with Crippen molar-refractivity contribution in [2.75, 3.05) is 13.2 Å².